The Hall–Kier alpha value is -8.67. The smallest absolute Gasteiger partial charge is 0.0134 e. The summed E-state index contributed by atoms with van der Waals surface area (Å²) in [6, 6.07) is 113. The molecule has 0 N–H and O–H groups in total. The van der Waals surface area contributed by atoms with Gasteiger partial charge in [0.2, 0.25) is 0 Å². The molecule has 0 saturated carbocycles. The monoisotopic (exact) mass is 1720 g/mol. The molecule has 0 fully saturated rings. The van der Waals surface area contributed by atoms with E-state index in [-0.39, 0.29) is 49.6 Å². The van der Waals surface area contributed by atoms with Crippen LogP contribution in [-0.2, 0) is 34.6 Å². The maximum absolute atomic E-state index is 4.58. The molecule has 0 saturated heterocycles. The molecule has 0 atom stereocenters. The molecule has 8 nitrogen and oxygen atoms in total. The second kappa shape index (κ2) is 49.2. The molecule has 18 heteroatoms. The van der Waals surface area contributed by atoms with E-state index in [1.54, 1.807) is 49.6 Å². The molecular weight excluding hydrogens is 1650 g/mol. The number of aryl methyl sites for hydroxylation is 4. The fourth-order valence-corrected chi connectivity index (χ4v) is 15.2. The molecule has 106 heavy (non-hydrogen) atoms. The molecule has 0 spiro atoms. The van der Waals surface area contributed by atoms with Crippen LogP contribution >= 0.6 is 35.2 Å². The molecule has 0 unspecified atom stereocenters. The first-order chi connectivity index (χ1) is 50.3. The van der Waals surface area contributed by atoms with E-state index < -0.39 is 15.8 Å². The summed E-state index contributed by atoms with van der Waals surface area (Å²) in [4.78, 5) is 35.4. The van der Waals surface area contributed by atoms with E-state index in [1.807, 2.05) is 132 Å². The van der Waals surface area contributed by atoms with Crippen LogP contribution in [0.2, 0.25) is 0 Å². The SMILES string of the molecule is Cc1cc(-c2ccc(N=Cc3ccccn3)c(C)c2)ccc1N=Cc1ccccn1.Cc1cc(-c2ccc(N=Cc3ccccn3)c(C)c2)ccc1N=Cc1ccccn1.[Cl-].[Cl-].[Cl-].[Cl-].[Cl][Ru+2].[Cl][Ru+2].c1ccc(P(c2ccccc2)c2ccccc2)cc1.c1ccc(P(c2ccccc2)c2ccccc2)cc1. The van der Waals surface area contributed by atoms with Crippen molar-refractivity contribution >= 4 is 115 Å². The van der Waals surface area contributed by atoms with E-state index in [0.717, 1.165) is 90.0 Å². The van der Waals surface area contributed by atoms with E-state index in [1.165, 1.54) is 31.8 Å². The Morgan fingerprint density at radius 1 is 0.236 bits per heavy atom. The fraction of sp³-hybridized carbons (Fsp3) is 0.0455. The Balaban J connectivity index is 0.000000251. The summed E-state index contributed by atoms with van der Waals surface area (Å²) < 4.78 is 0. The van der Waals surface area contributed by atoms with Gasteiger partial charge in [0.05, 0.1) is 70.4 Å². The van der Waals surface area contributed by atoms with Crippen LogP contribution in [0.4, 0.5) is 22.7 Å². The van der Waals surface area contributed by atoms with E-state index in [2.05, 4.69) is 318 Å². The third kappa shape index (κ3) is 27.6. The van der Waals surface area contributed by atoms with Crippen LogP contribution in [0.3, 0.4) is 0 Å². The van der Waals surface area contributed by atoms with Crippen molar-refractivity contribution in [1.82, 2.24) is 19.9 Å². The third-order valence-corrected chi connectivity index (χ3v) is 20.5. The van der Waals surface area contributed by atoms with Crippen LogP contribution in [-0.4, -0.2) is 44.8 Å². The number of aromatic nitrogens is 4. The van der Waals surface area contributed by atoms with Crippen molar-refractivity contribution < 1.29 is 84.3 Å². The van der Waals surface area contributed by atoms with Crippen molar-refractivity contribution in [2.75, 3.05) is 0 Å². The van der Waals surface area contributed by atoms with Gasteiger partial charge < -0.3 is 49.6 Å². The summed E-state index contributed by atoms with van der Waals surface area (Å²) in [6.45, 7) is 8.31. The van der Waals surface area contributed by atoms with Crippen LogP contribution in [0.5, 0.6) is 0 Å². The molecule has 0 aliphatic heterocycles. The topological polar surface area (TPSA) is 101 Å². The van der Waals surface area contributed by atoms with Gasteiger partial charge in [-0.05, 0) is 217 Å². The molecule has 14 aromatic rings. The van der Waals surface area contributed by atoms with E-state index in [4.69, 9.17) is 0 Å². The molecule has 4 heterocycles. The maximum Gasteiger partial charge on any atom is -0.0134 e. The van der Waals surface area contributed by atoms with Gasteiger partial charge >= 0.3 is 54.0 Å². The Labute approximate surface area is 679 Å². The summed E-state index contributed by atoms with van der Waals surface area (Å²) >= 11 is 3.64. The van der Waals surface area contributed by atoms with Gasteiger partial charge in [0, 0.05) is 24.8 Å². The number of hydrogen-bond donors (Lipinski definition) is 0. The number of nitrogens with zero attached hydrogens (tertiary/aromatic N) is 8. The standard InChI is InChI=1S/2C26H22N4.2C18H15P.6ClH.2Ru/c2*1-19-15-21(9-11-25(19)29-17-23-7-3-5-13-27-23)22-10-12-26(20(2)16-22)30-18-24-8-4-6-14-28-24;2*1-4-10-16(11-5-1)19(17-12-6-2-7-13-17)18-14-8-3-9-15-18;;;;;;;;/h2*3-18H,1-2H3;2*1-15H;6*1H;;/q;;;;;;;;;;2*+3/p-6. The minimum atomic E-state index is -0.446. The molecule has 0 aliphatic carbocycles. The first-order valence-corrected chi connectivity index (χ1v) is 39.8. The van der Waals surface area contributed by atoms with Crippen LogP contribution in [0.25, 0.3) is 22.3 Å². The zero-order chi connectivity index (χ0) is 71.4. The Morgan fingerprint density at radius 3 is 0.557 bits per heavy atom. The number of hydrogen-bond acceptors (Lipinski definition) is 8. The molecule has 0 radical (unpaired) electrons. The molecule has 534 valence electrons. The van der Waals surface area contributed by atoms with Crippen LogP contribution in [0.1, 0.15) is 45.0 Å². The largest absolute Gasteiger partial charge is 0.0622 e. The van der Waals surface area contributed by atoms with Gasteiger partial charge in [-0.25, -0.2) is 0 Å². The molecule has 0 amide bonds. The van der Waals surface area contributed by atoms with Gasteiger partial charge in [-0.15, -0.1) is 0 Å². The number of halogens is 6. The van der Waals surface area contributed by atoms with Crippen LogP contribution in [0, 0.1) is 27.7 Å². The molecule has 0 aliphatic rings. The van der Waals surface area contributed by atoms with Crippen molar-refractivity contribution in [1.29, 1.82) is 0 Å². The van der Waals surface area contributed by atoms with Gasteiger partial charge in [-0.2, -0.15) is 0 Å². The summed E-state index contributed by atoms with van der Waals surface area (Å²) in [5, 5.41) is 8.39. The molecule has 4 aromatic heterocycles. The fourth-order valence-electron chi connectivity index (χ4n) is 10.6. The average Bonchev–Trinajstić information content (AvgIpc) is 0.837. The molecular formula is C88H74Cl6N8P2Ru2. The Kier molecular flexibility index (Phi) is 40.9. The summed E-state index contributed by atoms with van der Waals surface area (Å²) in [6.07, 6.45) is 14.2. The summed E-state index contributed by atoms with van der Waals surface area (Å²) in [5.74, 6) is 0. The molecule has 0 bridgehead atoms. The first kappa shape index (κ1) is 88.0. The Bertz CT molecular complexity index is 4210. The Morgan fingerprint density at radius 2 is 0.406 bits per heavy atom. The zero-order valence-electron chi connectivity index (χ0n) is 58.2. The van der Waals surface area contributed by atoms with E-state index in [9.17, 15) is 0 Å². The quantitative estimate of drug-likeness (QED) is 0.0549. The second-order valence-electron chi connectivity index (χ2n) is 22.7. The number of pyridine rings is 4. The van der Waals surface area contributed by atoms with Crippen molar-refractivity contribution in [3.63, 3.8) is 0 Å². The minimum absolute atomic E-state index is 0. The molecule has 14 rings (SSSR count). The normalized spacial score (nSPS) is 10.3. The van der Waals surface area contributed by atoms with Gasteiger partial charge in [0.1, 0.15) is 0 Å². The van der Waals surface area contributed by atoms with Crippen molar-refractivity contribution in [3.05, 3.63) is 397 Å². The van der Waals surface area contributed by atoms with E-state index in [0.29, 0.717) is 0 Å². The number of aliphatic imine (C=N–C) groups is 4. The average molecular weight is 1720 g/mol. The predicted molar refractivity (Wildman–Crippen MR) is 431 cm³/mol. The van der Waals surface area contributed by atoms with Gasteiger partial charge in [-0.1, -0.05) is 231 Å². The van der Waals surface area contributed by atoms with Gasteiger partial charge in [-0.3, -0.25) is 39.9 Å². The molecule has 10 aromatic carbocycles. The van der Waals surface area contributed by atoms with Crippen LogP contribution < -0.4 is 81.5 Å². The summed E-state index contributed by atoms with van der Waals surface area (Å²) in [5.41, 5.74) is 16.3. The first-order valence-electron chi connectivity index (χ1n) is 32.7. The summed E-state index contributed by atoms with van der Waals surface area (Å²) in [7, 11) is 8.25. The number of rotatable bonds is 16. The van der Waals surface area contributed by atoms with Crippen molar-refractivity contribution in [2.45, 2.75) is 27.7 Å². The van der Waals surface area contributed by atoms with Crippen molar-refractivity contribution in [3.8, 4) is 22.3 Å². The second-order valence-corrected chi connectivity index (χ2v) is 27.2. The minimum Gasteiger partial charge on any atom is -0.0622 e. The van der Waals surface area contributed by atoms with Crippen molar-refractivity contribution in [2.24, 2.45) is 20.0 Å². The van der Waals surface area contributed by atoms with Gasteiger partial charge in [0.25, 0.3) is 0 Å². The predicted octanol–water partition coefficient (Wildman–Crippen LogP) is 8.80. The van der Waals surface area contributed by atoms with Crippen LogP contribution in [0.15, 0.2) is 372 Å². The maximum atomic E-state index is 4.58. The van der Waals surface area contributed by atoms with Gasteiger partial charge in [0.15, 0.2) is 0 Å². The number of benzene rings is 10. The third-order valence-electron chi connectivity index (χ3n) is 15.6. The zero-order valence-corrected chi connectivity index (χ0v) is 68.0. The van der Waals surface area contributed by atoms with E-state index >= 15 is 0 Å².